The third-order valence-electron chi connectivity index (χ3n) is 3.89. The standard InChI is InChI=1S/C13H18N4O/c14-12-3-2-11(9-15-12)17-7-4-10(8-13(17)18)16-5-1-6-16/h2-3,9-10H,1,4-8H2,(H2,14,15). The molecule has 1 aromatic heterocycles. The lowest BCUT2D eigenvalue weighted by molar-refractivity contribution is -0.121. The van der Waals surface area contributed by atoms with Crippen molar-refractivity contribution in [2.75, 3.05) is 30.3 Å². The Kier molecular flexibility index (Phi) is 2.91. The Bertz CT molecular complexity index is 441. The number of pyridine rings is 1. The fourth-order valence-corrected chi connectivity index (χ4v) is 2.66. The maximum absolute atomic E-state index is 12.2. The zero-order valence-corrected chi connectivity index (χ0v) is 10.4. The van der Waals surface area contributed by atoms with Crippen molar-refractivity contribution in [3.05, 3.63) is 18.3 Å². The molecule has 18 heavy (non-hydrogen) atoms. The van der Waals surface area contributed by atoms with Crippen molar-refractivity contribution in [3.8, 4) is 0 Å². The number of hydrogen-bond donors (Lipinski definition) is 1. The van der Waals surface area contributed by atoms with E-state index in [2.05, 4.69) is 9.88 Å². The predicted molar refractivity (Wildman–Crippen MR) is 70.2 cm³/mol. The molecule has 3 heterocycles. The highest BCUT2D eigenvalue weighted by molar-refractivity contribution is 5.94. The van der Waals surface area contributed by atoms with Crippen LogP contribution in [-0.4, -0.2) is 41.5 Å². The predicted octanol–water partition coefficient (Wildman–Crippen LogP) is 0.865. The van der Waals surface area contributed by atoms with Crippen LogP contribution in [0.2, 0.25) is 0 Å². The van der Waals surface area contributed by atoms with Crippen LogP contribution in [0.5, 0.6) is 0 Å². The number of hydrogen-bond acceptors (Lipinski definition) is 4. The summed E-state index contributed by atoms with van der Waals surface area (Å²) in [6, 6.07) is 4.05. The lowest BCUT2D eigenvalue weighted by Crippen LogP contribution is -2.52. The summed E-state index contributed by atoms with van der Waals surface area (Å²) in [5.41, 5.74) is 6.41. The van der Waals surface area contributed by atoms with Crippen LogP contribution in [0, 0.1) is 0 Å². The zero-order valence-electron chi connectivity index (χ0n) is 10.4. The van der Waals surface area contributed by atoms with Gasteiger partial charge in [0.25, 0.3) is 0 Å². The fourth-order valence-electron chi connectivity index (χ4n) is 2.66. The molecule has 0 aliphatic carbocycles. The normalized spacial score (nSPS) is 25.0. The number of carbonyl (C=O) groups excluding carboxylic acids is 1. The highest BCUT2D eigenvalue weighted by Gasteiger charge is 2.32. The summed E-state index contributed by atoms with van der Waals surface area (Å²) in [6.45, 7) is 3.09. The molecule has 96 valence electrons. The van der Waals surface area contributed by atoms with Gasteiger partial charge < -0.3 is 10.6 Å². The monoisotopic (exact) mass is 246 g/mol. The first-order valence-corrected chi connectivity index (χ1v) is 6.50. The molecule has 3 rings (SSSR count). The highest BCUT2D eigenvalue weighted by Crippen LogP contribution is 2.25. The Morgan fingerprint density at radius 3 is 2.67 bits per heavy atom. The maximum Gasteiger partial charge on any atom is 0.228 e. The molecule has 2 aliphatic heterocycles. The Labute approximate surface area is 107 Å². The van der Waals surface area contributed by atoms with E-state index < -0.39 is 0 Å². The summed E-state index contributed by atoms with van der Waals surface area (Å²) in [6.07, 6.45) is 4.63. The van der Waals surface area contributed by atoms with Gasteiger partial charge in [-0.1, -0.05) is 0 Å². The molecule has 2 N–H and O–H groups in total. The number of nitrogens with zero attached hydrogens (tertiary/aromatic N) is 3. The summed E-state index contributed by atoms with van der Waals surface area (Å²) < 4.78 is 0. The number of amides is 1. The number of likely N-dealkylation sites (tertiary alicyclic amines) is 1. The Hall–Kier alpha value is -1.62. The molecule has 2 aliphatic rings. The third kappa shape index (κ3) is 2.06. The lowest BCUT2D eigenvalue weighted by Gasteiger charge is -2.42. The zero-order chi connectivity index (χ0) is 12.5. The van der Waals surface area contributed by atoms with Gasteiger partial charge in [-0.15, -0.1) is 0 Å². The molecule has 0 radical (unpaired) electrons. The van der Waals surface area contributed by atoms with Gasteiger partial charge in [0.15, 0.2) is 0 Å². The molecule has 1 unspecified atom stereocenters. The SMILES string of the molecule is Nc1ccc(N2CCC(N3CCC3)CC2=O)cn1. The number of nitrogens with two attached hydrogens (primary N) is 1. The van der Waals surface area contributed by atoms with Crippen molar-refractivity contribution in [1.29, 1.82) is 0 Å². The first-order chi connectivity index (χ1) is 8.74. The molecule has 0 aromatic carbocycles. The van der Waals surface area contributed by atoms with E-state index >= 15 is 0 Å². The molecule has 1 aromatic rings. The van der Waals surface area contributed by atoms with E-state index in [9.17, 15) is 4.79 Å². The average molecular weight is 246 g/mol. The second-order valence-electron chi connectivity index (χ2n) is 5.02. The van der Waals surface area contributed by atoms with Crippen molar-refractivity contribution in [3.63, 3.8) is 0 Å². The molecule has 2 saturated heterocycles. The largest absolute Gasteiger partial charge is 0.384 e. The minimum absolute atomic E-state index is 0.199. The quantitative estimate of drug-likeness (QED) is 0.841. The molecular formula is C13H18N4O. The first-order valence-electron chi connectivity index (χ1n) is 6.50. The second-order valence-corrected chi connectivity index (χ2v) is 5.02. The Balaban J connectivity index is 1.68. The van der Waals surface area contributed by atoms with Gasteiger partial charge in [-0.2, -0.15) is 0 Å². The van der Waals surface area contributed by atoms with E-state index in [1.54, 1.807) is 12.3 Å². The van der Waals surface area contributed by atoms with E-state index in [-0.39, 0.29) is 5.91 Å². The van der Waals surface area contributed by atoms with Gasteiger partial charge in [-0.25, -0.2) is 4.98 Å². The van der Waals surface area contributed by atoms with Crippen LogP contribution in [0.25, 0.3) is 0 Å². The number of carbonyl (C=O) groups is 1. The number of piperidine rings is 1. The van der Waals surface area contributed by atoms with Gasteiger partial charge in [0, 0.05) is 19.0 Å². The van der Waals surface area contributed by atoms with Crippen molar-refractivity contribution in [2.45, 2.75) is 25.3 Å². The van der Waals surface area contributed by atoms with Crippen LogP contribution in [0.1, 0.15) is 19.3 Å². The summed E-state index contributed by atoms with van der Waals surface area (Å²) >= 11 is 0. The Morgan fingerprint density at radius 2 is 2.11 bits per heavy atom. The van der Waals surface area contributed by atoms with E-state index in [0.29, 0.717) is 18.3 Å². The third-order valence-corrected chi connectivity index (χ3v) is 3.89. The van der Waals surface area contributed by atoms with E-state index in [4.69, 9.17) is 5.73 Å². The van der Waals surface area contributed by atoms with Gasteiger partial charge in [0.05, 0.1) is 11.9 Å². The molecule has 1 atom stereocenters. The molecule has 0 spiro atoms. The van der Waals surface area contributed by atoms with Gasteiger partial charge >= 0.3 is 0 Å². The molecule has 5 heteroatoms. The molecule has 2 fully saturated rings. The van der Waals surface area contributed by atoms with E-state index in [1.165, 1.54) is 6.42 Å². The van der Waals surface area contributed by atoms with E-state index in [1.807, 2.05) is 11.0 Å². The first kappa shape index (κ1) is 11.5. The molecular weight excluding hydrogens is 228 g/mol. The van der Waals surface area contributed by atoms with Gasteiger partial charge in [0.2, 0.25) is 5.91 Å². The van der Waals surface area contributed by atoms with Crippen LogP contribution in [0.4, 0.5) is 11.5 Å². The smallest absolute Gasteiger partial charge is 0.228 e. The summed E-state index contributed by atoms with van der Waals surface area (Å²) in [5.74, 6) is 0.686. The van der Waals surface area contributed by atoms with Crippen molar-refractivity contribution >= 4 is 17.4 Å². The number of nitrogen functional groups attached to an aromatic ring is 1. The van der Waals surface area contributed by atoms with Crippen LogP contribution in [-0.2, 0) is 4.79 Å². The summed E-state index contributed by atoms with van der Waals surface area (Å²) in [5, 5.41) is 0. The van der Waals surface area contributed by atoms with E-state index in [0.717, 1.165) is 31.7 Å². The summed E-state index contributed by atoms with van der Waals surface area (Å²) in [4.78, 5) is 20.5. The molecule has 0 bridgehead atoms. The van der Waals surface area contributed by atoms with Crippen LogP contribution in [0.3, 0.4) is 0 Å². The average Bonchev–Trinajstić information content (AvgIpc) is 2.29. The molecule has 0 saturated carbocycles. The number of rotatable bonds is 2. The van der Waals surface area contributed by atoms with Gasteiger partial charge in [-0.3, -0.25) is 9.69 Å². The molecule has 1 amide bonds. The van der Waals surface area contributed by atoms with Crippen LogP contribution in [0.15, 0.2) is 18.3 Å². The lowest BCUT2D eigenvalue weighted by atomic mass is 9.99. The maximum atomic E-state index is 12.2. The van der Waals surface area contributed by atoms with Crippen molar-refractivity contribution in [1.82, 2.24) is 9.88 Å². The van der Waals surface area contributed by atoms with Crippen LogP contribution < -0.4 is 10.6 Å². The second kappa shape index (κ2) is 4.57. The minimum Gasteiger partial charge on any atom is -0.384 e. The fraction of sp³-hybridized carbons (Fsp3) is 0.538. The highest BCUT2D eigenvalue weighted by atomic mass is 16.2. The van der Waals surface area contributed by atoms with Crippen molar-refractivity contribution in [2.24, 2.45) is 0 Å². The Morgan fingerprint density at radius 1 is 1.28 bits per heavy atom. The minimum atomic E-state index is 0.199. The van der Waals surface area contributed by atoms with Crippen LogP contribution >= 0.6 is 0 Å². The number of anilines is 2. The molecule has 5 nitrogen and oxygen atoms in total. The summed E-state index contributed by atoms with van der Waals surface area (Å²) in [7, 11) is 0. The topological polar surface area (TPSA) is 62.5 Å². The van der Waals surface area contributed by atoms with Gasteiger partial charge in [0.1, 0.15) is 5.82 Å². The van der Waals surface area contributed by atoms with Gasteiger partial charge in [-0.05, 0) is 38.1 Å². The number of aromatic nitrogens is 1. The van der Waals surface area contributed by atoms with Crippen molar-refractivity contribution < 1.29 is 4.79 Å².